The van der Waals surface area contributed by atoms with E-state index in [2.05, 4.69) is 48.7 Å². The number of thioether (sulfide) groups is 1. The van der Waals surface area contributed by atoms with Gasteiger partial charge >= 0.3 is 0 Å². The number of hydrogen-bond acceptors (Lipinski definition) is 3. The molecule has 1 aliphatic carbocycles. The molecule has 0 bridgehead atoms. The van der Waals surface area contributed by atoms with Gasteiger partial charge in [0.2, 0.25) is 5.91 Å². The Morgan fingerprint density at radius 1 is 1.25 bits per heavy atom. The lowest BCUT2D eigenvalue weighted by molar-refractivity contribution is -0.124. The SMILES string of the molecule is Cc1ccc(SC2(C(=O)NC3CCNC(C)C3)CCCC2)cc1.Cl. The van der Waals surface area contributed by atoms with Crippen LogP contribution in [0.2, 0.25) is 0 Å². The molecule has 0 aromatic heterocycles. The predicted octanol–water partition coefficient (Wildman–Crippen LogP) is 4.08. The molecule has 3 rings (SSSR count). The molecule has 2 aliphatic rings. The van der Waals surface area contributed by atoms with Crippen LogP contribution in [0, 0.1) is 6.92 Å². The zero-order chi connectivity index (χ0) is 16.3. The van der Waals surface area contributed by atoms with Crippen LogP contribution in [-0.4, -0.2) is 29.3 Å². The maximum atomic E-state index is 13.1. The first kappa shape index (κ1) is 19.6. The van der Waals surface area contributed by atoms with Gasteiger partial charge in [0.05, 0.1) is 4.75 Å². The van der Waals surface area contributed by atoms with Gasteiger partial charge in [0.15, 0.2) is 0 Å². The van der Waals surface area contributed by atoms with E-state index in [-0.39, 0.29) is 23.1 Å². The summed E-state index contributed by atoms with van der Waals surface area (Å²) in [7, 11) is 0. The summed E-state index contributed by atoms with van der Waals surface area (Å²) in [6.45, 7) is 5.31. The first-order chi connectivity index (χ1) is 11.1. The van der Waals surface area contributed by atoms with Crippen LogP contribution < -0.4 is 10.6 Å². The highest BCUT2D eigenvalue weighted by Crippen LogP contribution is 2.45. The van der Waals surface area contributed by atoms with Gasteiger partial charge in [-0.3, -0.25) is 4.79 Å². The Bertz CT molecular complexity index is 543. The molecule has 3 nitrogen and oxygen atoms in total. The van der Waals surface area contributed by atoms with Crippen molar-refractivity contribution in [2.75, 3.05) is 6.54 Å². The number of nitrogens with one attached hydrogen (secondary N) is 2. The van der Waals surface area contributed by atoms with Gasteiger partial charge < -0.3 is 10.6 Å². The van der Waals surface area contributed by atoms with Gasteiger partial charge in [0.25, 0.3) is 0 Å². The Balaban J connectivity index is 0.00000208. The summed E-state index contributed by atoms with van der Waals surface area (Å²) in [6.07, 6.45) is 6.40. The first-order valence-corrected chi connectivity index (χ1v) is 9.69. The lowest BCUT2D eigenvalue weighted by atomic mass is 9.98. The average molecular weight is 369 g/mol. The second-order valence-corrected chi connectivity index (χ2v) is 8.62. The molecular formula is C19H29ClN2OS. The molecule has 5 heteroatoms. The van der Waals surface area contributed by atoms with Crippen molar-refractivity contribution in [2.45, 2.75) is 74.1 Å². The second-order valence-electron chi connectivity index (χ2n) is 7.17. The maximum absolute atomic E-state index is 13.1. The largest absolute Gasteiger partial charge is 0.352 e. The molecule has 24 heavy (non-hydrogen) atoms. The highest BCUT2D eigenvalue weighted by molar-refractivity contribution is 8.01. The monoisotopic (exact) mass is 368 g/mol. The number of aryl methyl sites for hydroxylation is 1. The molecule has 1 heterocycles. The number of benzene rings is 1. The summed E-state index contributed by atoms with van der Waals surface area (Å²) in [5, 5.41) is 6.82. The smallest absolute Gasteiger partial charge is 0.236 e. The van der Waals surface area contributed by atoms with Crippen LogP contribution in [0.15, 0.2) is 29.2 Å². The summed E-state index contributed by atoms with van der Waals surface area (Å²) in [5.74, 6) is 0.264. The van der Waals surface area contributed by atoms with Crippen LogP contribution in [0.25, 0.3) is 0 Å². The van der Waals surface area contributed by atoms with Crippen molar-refractivity contribution < 1.29 is 4.79 Å². The molecule has 134 valence electrons. The fourth-order valence-corrected chi connectivity index (χ4v) is 5.10. The third kappa shape index (κ3) is 4.68. The second kappa shape index (κ2) is 8.59. The predicted molar refractivity (Wildman–Crippen MR) is 104 cm³/mol. The van der Waals surface area contributed by atoms with Crippen LogP contribution in [0.3, 0.4) is 0 Å². The van der Waals surface area contributed by atoms with E-state index in [0.29, 0.717) is 12.1 Å². The topological polar surface area (TPSA) is 41.1 Å². The van der Waals surface area contributed by atoms with Gasteiger partial charge in [-0.15, -0.1) is 24.2 Å². The van der Waals surface area contributed by atoms with Crippen molar-refractivity contribution in [1.82, 2.24) is 10.6 Å². The number of carbonyl (C=O) groups excluding carboxylic acids is 1. The Morgan fingerprint density at radius 2 is 1.92 bits per heavy atom. The Hall–Kier alpha value is -0.710. The zero-order valence-corrected chi connectivity index (χ0v) is 16.3. The number of carbonyl (C=O) groups is 1. The van der Waals surface area contributed by atoms with E-state index in [1.54, 1.807) is 11.8 Å². The molecule has 1 aromatic carbocycles. The number of amides is 1. The summed E-state index contributed by atoms with van der Waals surface area (Å²) >= 11 is 1.78. The van der Waals surface area contributed by atoms with E-state index >= 15 is 0 Å². The number of rotatable bonds is 4. The highest BCUT2D eigenvalue weighted by Gasteiger charge is 2.43. The Morgan fingerprint density at radius 3 is 2.54 bits per heavy atom. The van der Waals surface area contributed by atoms with Crippen LogP contribution >= 0.6 is 24.2 Å². The van der Waals surface area contributed by atoms with E-state index < -0.39 is 0 Å². The molecule has 2 unspecified atom stereocenters. The van der Waals surface area contributed by atoms with Gasteiger partial charge in [-0.25, -0.2) is 0 Å². The lowest BCUT2D eigenvalue weighted by Gasteiger charge is -2.33. The summed E-state index contributed by atoms with van der Waals surface area (Å²) in [5.41, 5.74) is 1.27. The fourth-order valence-electron chi connectivity index (χ4n) is 3.73. The molecule has 1 aliphatic heterocycles. The van der Waals surface area contributed by atoms with Gasteiger partial charge in [0, 0.05) is 17.0 Å². The summed E-state index contributed by atoms with van der Waals surface area (Å²) in [4.78, 5) is 14.3. The number of hydrogen-bond donors (Lipinski definition) is 2. The molecule has 2 N–H and O–H groups in total. The van der Waals surface area contributed by atoms with Crippen LogP contribution in [0.4, 0.5) is 0 Å². The van der Waals surface area contributed by atoms with E-state index in [9.17, 15) is 4.79 Å². The minimum atomic E-state index is -0.261. The van der Waals surface area contributed by atoms with E-state index in [1.807, 2.05) is 0 Å². The molecular weight excluding hydrogens is 340 g/mol. The molecule has 1 amide bonds. The van der Waals surface area contributed by atoms with Crippen molar-refractivity contribution in [1.29, 1.82) is 0 Å². The Labute approximate surface area is 156 Å². The standard InChI is InChI=1S/C19H28N2OS.ClH/c1-14-5-7-17(8-6-14)23-19(10-3-4-11-19)18(22)21-16-9-12-20-15(2)13-16;/h5-8,15-16,20H,3-4,9-13H2,1-2H3,(H,21,22);1H. The van der Waals surface area contributed by atoms with Gasteiger partial charge in [-0.05, 0) is 58.2 Å². The average Bonchev–Trinajstić information content (AvgIpc) is 2.99. The van der Waals surface area contributed by atoms with Crippen LogP contribution in [0.5, 0.6) is 0 Å². The minimum Gasteiger partial charge on any atom is -0.352 e. The van der Waals surface area contributed by atoms with Crippen LogP contribution in [0.1, 0.15) is 51.0 Å². The Kier molecular flexibility index (Phi) is 7.02. The molecule has 1 aromatic rings. The normalized spacial score (nSPS) is 25.8. The third-order valence-electron chi connectivity index (χ3n) is 5.12. The van der Waals surface area contributed by atoms with Crippen LogP contribution in [-0.2, 0) is 4.79 Å². The van der Waals surface area contributed by atoms with Crippen molar-refractivity contribution in [3.05, 3.63) is 29.8 Å². The van der Waals surface area contributed by atoms with Gasteiger partial charge in [0.1, 0.15) is 0 Å². The molecule has 2 fully saturated rings. The molecule has 1 saturated heterocycles. The molecule has 2 atom stereocenters. The summed E-state index contributed by atoms with van der Waals surface area (Å²) < 4.78 is -0.261. The number of halogens is 1. The third-order valence-corrected chi connectivity index (χ3v) is 6.61. The van der Waals surface area contributed by atoms with E-state index in [0.717, 1.165) is 45.1 Å². The maximum Gasteiger partial charge on any atom is 0.236 e. The van der Waals surface area contributed by atoms with Gasteiger partial charge in [-0.2, -0.15) is 0 Å². The minimum absolute atomic E-state index is 0. The lowest BCUT2D eigenvalue weighted by Crippen LogP contribution is -2.51. The molecule has 1 saturated carbocycles. The van der Waals surface area contributed by atoms with Crippen molar-refractivity contribution in [3.63, 3.8) is 0 Å². The quantitative estimate of drug-likeness (QED) is 0.841. The first-order valence-electron chi connectivity index (χ1n) is 8.87. The van der Waals surface area contributed by atoms with E-state index in [1.165, 1.54) is 10.5 Å². The summed E-state index contributed by atoms with van der Waals surface area (Å²) in [6, 6.07) is 9.41. The van der Waals surface area contributed by atoms with Crippen molar-refractivity contribution >= 4 is 30.1 Å². The zero-order valence-electron chi connectivity index (χ0n) is 14.6. The highest BCUT2D eigenvalue weighted by atomic mass is 35.5. The molecule has 0 spiro atoms. The fraction of sp³-hybridized carbons (Fsp3) is 0.632. The van der Waals surface area contributed by atoms with Crippen molar-refractivity contribution in [3.8, 4) is 0 Å². The van der Waals surface area contributed by atoms with Gasteiger partial charge in [-0.1, -0.05) is 30.5 Å². The van der Waals surface area contributed by atoms with Crippen molar-refractivity contribution in [2.24, 2.45) is 0 Å². The number of piperidine rings is 1. The van der Waals surface area contributed by atoms with E-state index in [4.69, 9.17) is 0 Å². The molecule has 0 radical (unpaired) electrons.